The molecule has 0 aliphatic rings. The molecule has 16 heavy (non-hydrogen) atoms. The number of ether oxygens (including phenoxy) is 2. The number of nitrogens with one attached hydrogen (secondary N) is 1. The van der Waals surface area contributed by atoms with Gasteiger partial charge in [0.15, 0.2) is 11.5 Å². The van der Waals surface area contributed by atoms with E-state index in [2.05, 4.69) is 24.4 Å². The van der Waals surface area contributed by atoms with Crippen molar-refractivity contribution in [2.75, 3.05) is 27.8 Å². The van der Waals surface area contributed by atoms with Crippen LogP contribution in [0, 0.1) is 0 Å². The van der Waals surface area contributed by atoms with Gasteiger partial charge in [-0.15, -0.1) is 0 Å². The first-order valence-corrected chi connectivity index (χ1v) is 5.63. The average molecular weight is 223 g/mol. The smallest absolute Gasteiger partial charge is 0.160 e. The zero-order valence-corrected chi connectivity index (χ0v) is 10.5. The van der Waals surface area contributed by atoms with Crippen LogP contribution in [0.1, 0.15) is 24.8 Å². The van der Waals surface area contributed by atoms with Crippen molar-refractivity contribution in [1.29, 1.82) is 0 Å². The summed E-state index contributed by atoms with van der Waals surface area (Å²) in [6.45, 7) is 3.17. The lowest BCUT2D eigenvalue weighted by molar-refractivity contribution is 0.354. The molecule has 1 rings (SSSR count). The van der Waals surface area contributed by atoms with Gasteiger partial charge in [-0.1, -0.05) is 13.0 Å². The minimum Gasteiger partial charge on any atom is -0.493 e. The Morgan fingerprint density at radius 2 is 1.88 bits per heavy atom. The first-order valence-electron chi connectivity index (χ1n) is 5.63. The van der Waals surface area contributed by atoms with Crippen molar-refractivity contribution in [3.05, 3.63) is 23.8 Å². The van der Waals surface area contributed by atoms with Crippen LogP contribution in [0.4, 0.5) is 0 Å². The monoisotopic (exact) mass is 223 g/mol. The molecule has 0 bridgehead atoms. The van der Waals surface area contributed by atoms with Crippen molar-refractivity contribution in [2.24, 2.45) is 0 Å². The molecule has 3 heteroatoms. The maximum atomic E-state index is 5.30. The summed E-state index contributed by atoms with van der Waals surface area (Å²) in [4.78, 5) is 0. The van der Waals surface area contributed by atoms with Crippen molar-refractivity contribution in [3.63, 3.8) is 0 Å². The summed E-state index contributed by atoms with van der Waals surface area (Å²) >= 11 is 0. The molecule has 0 heterocycles. The van der Waals surface area contributed by atoms with E-state index < -0.39 is 0 Å². The molecule has 1 unspecified atom stereocenters. The second-order valence-corrected chi connectivity index (χ2v) is 3.78. The van der Waals surface area contributed by atoms with Gasteiger partial charge in [-0.2, -0.15) is 0 Å². The Hall–Kier alpha value is -1.22. The Morgan fingerprint density at radius 3 is 2.38 bits per heavy atom. The van der Waals surface area contributed by atoms with Crippen molar-refractivity contribution in [2.45, 2.75) is 19.3 Å². The maximum absolute atomic E-state index is 5.30. The molecule has 0 saturated heterocycles. The average Bonchev–Trinajstić information content (AvgIpc) is 2.35. The molecule has 0 spiro atoms. The molecule has 0 saturated carbocycles. The van der Waals surface area contributed by atoms with Crippen LogP contribution in [0.25, 0.3) is 0 Å². The Bertz CT molecular complexity index is 326. The van der Waals surface area contributed by atoms with Gasteiger partial charge in [0, 0.05) is 6.54 Å². The second-order valence-electron chi connectivity index (χ2n) is 3.78. The summed E-state index contributed by atoms with van der Waals surface area (Å²) in [5.74, 6) is 2.10. The van der Waals surface area contributed by atoms with Crippen molar-refractivity contribution < 1.29 is 9.47 Å². The molecule has 0 aliphatic carbocycles. The third-order valence-corrected chi connectivity index (χ3v) is 2.82. The van der Waals surface area contributed by atoms with Gasteiger partial charge < -0.3 is 14.8 Å². The summed E-state index contributed by atoms with van der Waals surface area (Å²) in [6.07, 6.45) is 1.11. The quantitative estimate of drug-likeness (QED) is 0.803. The Balaban J connectivity index is 2.96. The van der Waals surface area contributed by atoms with Gasteiger partial charge in [0.1, 0.15) is 0 Å². The first-order chi connectivity index (χ1) is 7.76. The SMILES string of the molecule is CCC(CNC)c1ccc(OC)c(OC)c1. The van der Waals surface area contributed by atoms with E-state index in [1.807, 2.05) is 13.1 Å². The molecule has 1 aromatic rings. The minimum atomic E-state index is 0.518. The van der Waals surface area contributed by atoms with Gasteiger partial charge in [0.25, 0.3) is 0 Å². The van der Waals surface area contributed by atoms with Gasteiger partial charge in [0.05, 0.1) is 14.2 Å². The fraction of sp³-hybridized carbons (Fsp3) is 0.538. The van der Waals surface area contributed by atoms with Crippen molar-refractivity contribution >= 4 is 0 Å². The summed E-state index contributed by atoms with van der Waals surface area (Å²) in [5, 5.41) is 3.21. The number of hydrogen-bond donors (Lipinski definition) is 1. The van der Waals surface area contributed by atoms with Gasteiger partial charge in [-0.05, 0) is 37.1 Å². The molecule has 3 nitrogen and oxygen atoms in total. The molecular formula is C13H21NO2. The lowest BCUT2D eigenvalue weighted by atomic mass is 9.96. The van der Waals surface area contributed by atoms with Crippen LogP contribution in [-0.4, -0.2) is 27.8 Å². The predicted octanol–water partition coefficient (Wildman–Crippen LogP) is 2.42. The zero-order chi connectivity index (χ0) is 12.0. The second kappa shape index (κ2) is 6.38. The fourth-order valence-electron chi connectivity index (χ4n) is 1.85. The highest BCUT2D eigenvalue weighted by Gasteiger charge is 2.11. The van der Waals surface area contributed by atoms with Crippen LogP contribution in [-0.2, 0) is 0 Å². The normalized spacial score (nSPS) is 12.2. The van der Waals surface area contributed by atoms with Crippen molar-refractivity contribution in [1.82, 2.24) is 5.32 Å². The zero-order valence-electron chi connectivity index (χ0n) is 10.5. The third kappa shape index (κ3) is 2.89. The molecule has 1 aromatic carbocycles. The molecule has 1 atom stereocenters. The van der Waals surface area contributed by atoms with E-state index in [-0.39, 0.29) is 0 Å². The van der Waals surface area contributed by atoms with Gasteiger partial charge in [-0.3, -0.25) is 0 Å². The molecule has 0 fully saturated rings. The van der Waals surface area contributed by atoms with Gasteiger partial charge >= 0.3 is 0 Å². The molecule has 0 radical (unpaired) electrons. The van der Waals surface area contributed by atoms with E-state index in [0.29, 0.717) is 5.92 Å². The van der Waals surface area contributed by atoms with E-state index in [1.54, 1.807) is 14.2 Å². The summed E-state index contributed by atoms with van der Waals surface area (Å²) in [5.41, 5.74) is 1.29. The predicted molar refractivity (Wildman–Crippen MR) is 66.5 cm³/mol. The van der Waals surface area contributed by atoms with Crippen molar-refractivity contribution in [3.8, 4) is 11.5 Å². The number of hydrogen-bond acceptors (Lipinski definition) is 3. The Kier molecular flexibility index (Phi) is 5.12. The van der Waals surface area contributed by atoms with Crippen LogP contribution < -0.4 is 14.8 Å². The summed E-state index contributed by atoms with van der Waals surface area (Å²) in [7, 11) is 5.30. The lowest BCUT2D eigenvalue weighted by Gasteiger charge is -2.17. The first kappa shape index (κ1) is 12.8. The molecule has 1 N–H and O–H groups in total. The van der Waals surface area contributed by atoms with E-state index in [9.17, 15) is 0 Å². The van der Waals surface area contributed by atoms with Crippen LogP contribution in [0.3, 0.4) is 0 Å². The summed E-state index contributed by atoms with van der Waals surface area (Å²) in [6, 6.07) is 6.13. The number of benzene rings is 1. The van der Waals surface area contributed by atoms with E-state index in [4.69, 9.17) is 9.47 Å². The number of methoxy groups -OCH3 is 2. The van der Waals surface area contributed by atoms with E-state index in [1.165, 1.54) is 5.56 Å². The fourth-order valence-corrected chi connectivity index (χ4v) is 1.85. The highest BCUT2D eigenvalue weighted by Crippen LogP contribution is 2.31. The Labute approximate surface area is 97.8 Å². The van der Waals surface area contributed by atoms with Crippen LogP contribution in [0.15, 0.2) is 18.2 Å². The lowest BCUT2D eigenvalue weighted by Crippen LogP contribution is -2.16. The molecule has 0 amide bonds. The van der Waals surface area contributed by atoms with Gasteiger partial charge in [-0.25, -0.2) is 0 Å². The van der Waals surface area contributed by atoms with Gasteiger partial charge in [0.2, 0.25) is 0 Å². The van der Waals surface area contributed by atoms with E-state index in [0.717, 1.165) is 24.5 Å². The standard InChI is InChI=1S/C13H21NO2/c1-5-10(9-14-2)11-6-7-12(15-3)13(8-11)16-4/h6-8,10,14H,5,9H2,1-4H3. The Morgan fingerprint density at radius 1 is 1.19 bits per heavy atom. The largest absolute Gasteiger partial charge is 0.493 e. The topological polar surface area (TPSA) is 30.5 Å². The highest BCUT2D eigenvalue weighted by atomic mass is 16.5. The summed E-state index contributed by atoms with van der Waals surface area (Å²) < 4.78 is 10.5. The molecule has 90 valence electrons. The van der Waals surface area contributed by atoms with Crippen LogP contribution in [0.5, 0.6) is 11.5 Å². The molecule has 0 aliphatic heterocycles. The van der Waals surface area contributed by atoms with Crippen LogP contribution in [0.2, 0.25) is 0 Å². The third-order valence-electron chi connectivity index (χ3n) is 2.82. The number of likely N-dealkylation sites (N-methyl/N-ethyl adjacent to an activating group) is 1. The van der Waals surface area contributed by atoms with Crippen LogP contribution >= 0.6 is 0 Å². The molecule has 0 aromatic heterocycles. The number of rotatable bonds is 6. The minimum absolute atomic E-state index is 0.518. The highest BCUT2D eigenvalue weighted by molar-refractivity contribution is 5.44. The van der Waals surface area contributed by atoms with E-state index >= 15 is 0 Å². The maximum Gasteiger partial charge on any atom is 0.160 e. The molecular weight excluding hydrogens is 202 g/mol.